The summed E-state index contributed by atoms with van der Waals surface area (Å²) in [5.41, 5.74) is 3.12. The number of aryl methyl sites for hydroxylation is 1. The number of thiophene rings is 1. The first-order valence-corrected chi connectivity index (χ1v) is 11.1. The van der Waals surface area contributed by atoms with Crippen LogP contribution >= 0.6 is 11.3 Å². The minimum absolute atomic E-state index is 0.00191. The van der Waals surface area contributed by atoms with Crippen molar-refractivity contribution in [3.8, 4) is 0 Å². The Morgan fingerprint density at radius 1 is 1.17 bits per heavy atom. The summed E-state index contributed by atoms with van der Waals surface area (Å²) in [6.45, 7) is 6.40. The largest absolute Gasteiger partial charge is 0.334 e. The van der Waals surface area contributed by atoms with Crippen molar-refractivity contribution in [2.45, 2.75) is 26.4 Å². The van der Waals surface area contributed by atoms with Crippen molar-refractivity contribution in [2.75, 3.05) is 33.7 Å². The second kappa shape index (κ2) is 8.14. The van der Waals surface area contributed by atoms with Gasteiger partial charge in [-0.25, -0.2) is 4.79 Å². The molecule has 3 aromatic rings. The number of nitrogens with zero attached hydrogens (tertiary/aromatic N) is 4. The Morgan fingerprint density at radius 3 is 2.67 bits per heavy atom. The average molecular weight is 425 g/mol. The van der Waals surface area contributed by atoms with Crippen LogP contribution in [0.4, 0.5) is 4.79 Å². The molecule has 0 N–H and O–H groups in total. The molecule has 0 radical (unpaired) electrons. The fraction of sp³-hybridized carbons (Fsp3) is 0.391. The van der Waals surface area contributed by atoms with Crippen LogP contribution in [0.2, 0.25) is 0 Å². The summed E-state index contributed by atoms with van der Waals surface area (Å²) < 4.78 is 2.14. The van der Waals surface area contributed by atoms with Gasteiger partial charge in [0.25, 0.3) is 5.91 Å². The van der Waals surface area contributed by atoms with Gasteiger partial charge in [-0.1, -0.05) is 29.8 Å². The molecule has 1 fully saturated rings. The monoisotopic (exact) mass is 424 g/mol. The van der Waals surface area contributed by atoms with Crippen LogP contribution in [0.5, 0.6) is 0 Å². The molecule has 30 heavy (non-hydrogen) atoms. The minimum atomic E-state index is -0.0149. The Hall–Kier alpha value is -2.80. The maximum absolute atomic E-state index is 13.5. The lowest BCUT2D eigenvalue weighted by Crippen LogP contribution is -2.57. The number of benzene rings is 1. The highest BCUT2D eigenvalue weighted by molar-refractivity contribution is 7.16. The zero-order valence-corrected chi connectivity index (χ0v) is 18.8. The van der Waals surface area contributed by atoms with E-state index in [-0.39, 0.29) is 18.0 Å². The third-order valence-corrected chi connectivity index (χ3v) is 6.64. The molecule has 158 valence electrons. The third kappa shape index (κ3) is 3.81. The molecular weight excluding hydrogens is 396 g/mol. The molecule has 0 saturated carbocycles. The molecule has 1 aromatic carbocycles. The van der Waals surface area contributed by atoms with E-state index < -0.39 is 0 Å². The van der Waals surface area contributed by atoms with Crippen molar-refractivity contribution < 1.29 is 9.59 Å². The third-order valence-electron chi connectivity index (χ3n) is 5.69. The van der Waals surface area contributed by atoms with E-state index in [0.717, 1.165) is 15.9 Å². The normalized spacial score (nSPS) is 16.9. The number of carbonyl (C=O) groups is 2. The lowest BCUT2D eigenvalue weighted by molar-refractivity contribution is 0.0543. The van der Waals surface area contributed by atoms with Crippen molar-refractivity contribution in [1.29, 1.82) is 0 Å². The number of hydrogen-bond acceptors (Lipinski definition) is 3. The van der Waals surface area contributed by atoms with Gasteiger partial charge < -0.3 is 19.3 Å². The maximum atomic E-state index is 13.5. The van der Waals surface area contributed by atoms with Crippen LogP contribution in [-0.4, -0.2) is 71.0 Å². The Morgan fingerprint density at radius 2 is 1.97 bits per heavy atom. The second-order valence-electron chi connectivity index (χ2n) is 8.26. The smallest absolute Gasteiger partial charge is 0.319 e. The first kappa shape index (κ1) is 20.5. The van der Waals surface area contributed by atoms with Gasteiger partial charge in [-0.15, -0.1) is 11.3 Å². The van der Waals surface area contributed by atoms with Gasteiger partial charge in [0.05, 0.1) is 0 Å². The van der Waals surface area contributed by atoms with E-state index in [4.69, 9.17) is 0 Å². The molecule has 1 aliphatic heterocycles. The number of aromatic nitrogens is 1. The highest BCUT2D eigenvalue weighted by atomic mass is 32.1. The van der Waals surface area contributed by atoms with Gasteiger partial charge in [-0.3, -0.25) is 4.79 Å². The Labute approximate surface area is 181 Å². The molecule has 0 aliphatic carbocycles. The van der Waals surface area contributed by atoms with Crippen LogP contribution in [0, 0.1) is 6.92 Å². The van der Waals surface area contributed by atoms with Gasteiger partial charge in [0.15, 0.2) is 0 Å². The van der Waals surface area contributed by atoms with Gasteiger partial charge >= 0.3 is 6.03 Å². The number of carbonyl (C=O) groups excluding carboxylic acids is 2. The molecule has 3 heterocycles. The van der Waals surface area contributed by atoms with E-state index in [2.05, 4.69) is 47.2 Å². The number of hydrogen-bond donors (Lipinski definition) is 0. The van der Waals surface area contributed by atoms with Crippen LogP contribution in [0.1, 0.15) is 28.5 Å². The molecule has 1 atom stereocenters. The zero-order chi connectivity index (χ0) is 21.4. The first-order chi connectivity index (χ1) is 14.3. The van der Waals surface area contributed by atoms with E-state index in [9.17, 15) is 9.59 Å². The maximum Gasteiger partial charge on any atom is 0.319 e. The number of amides is 3. The lowest BCUT2D eigenvalue weighted by Gasteiger charge is -2.40. The molecule has 0 spiro atoms. The molecule has 1 unspecified atom stereocenters. The highest BCUT2D eigenvalue weighted by Crippen LogP contribution is 2.28. The van der Waals surface area contributed by atoms with Gasteiger partial charge in [-0.05, 0) is 36.9 Å². The minimum Gasteiger partial charge on any atom is -0.334 e. The fourth-order valence-electron chi connectivity index (χ4n) is 4.15. The van der Waals surface area contributed by atoms with Crippen LogP contribution in [0.3, 0.4) is 0 Å². The molecule has 2 aromatic heterocycles. The van der Waals surface area contributed by atoms with E-state index in [0.29, 0.717) is 26.2 Å². The summed E-state index contributed by atoms with van der Waals surface area (Å²) in [6, 6.07) is 12.5. The molecule has 1 aliphatic rings. The van der Waals surface area contributed by atoms with Crippen molar-refractivity contribution in [1.82, 2.24) is 19.3 Å². The number of piperazine rings is 1. The van der Waals surface area contributed by atoms with E-state index in [1.54, 1.807) is 30.3 Å². The van der Waals surface area contributed by atoms with Crippen LogP contribution in [0.25, 0.3) is 10.2 Å². The van der Waals surface area contributed by atoms with Crippen LogP contribution in [0.15, 0.2) is 41.8 Å². The first-order valence-electron chi connectivity index (χ1n) is 10.2. The Bertz CT molecular complexity index is 1080. The number of rotatable bonds is 3. The zero-order valence-electron chi connectivity index (χ0n) is 18.0. The molecule has 0 bridgehead atoms. The van der Waals surface area contributed by atoms with Crippen molar-refractivity contribution >= 4 is 33.5 Å². The standard InChI is InChI=1S/C23H28N4O2S/c1-16-6-5-7-18(12-16)15-27-20(13-19-8-11-30-22(19)27)21(28)25-9-10-26(17(2)14-25)23(29)24(3)4/h5-8,11-13,17H,9-10,14-15H2,1-4H3. The summed E-state index contributed by atoms with van der Waals surface area (Å²) in [4.78, 5) is 32.3. The van der Waals surface area contributed by atoms with Gasteiger partial charge in [0.2, 0.25) is 0 Å². The summed E-state index contributed by atoms with van der Waals surface area (Å²) in [7, 11) is 3.52. The second-order valence-corrected chi connectivity index (χ2v) is 9.15. The SMILES string of the molecule is Cc1cccc(Cn2c(C(=O)N3CCN(C(=O)N(C)C)C(C)C3)cc3ccsc32)c1. The number of urea groups is 1. The molecule has 1 saturated heterocycles. The molecular formula is C23H28N4O2S. The van der Waals surface area contributed by atoms with E-state index in [1.165, 1.54) is 11.1 Å². The van der Waals surface area contributed by atoms with Gasteiger partial charge in [0, 0.05) is 51.7 Å². The predicted molar refractivity (Wildman–Crippen MR) is 121 cm³/mol. The summed E-state index contributed by atoms with van der Waals surface area (Å²) in [5, 5.41) is 3.17. The topological polar surface area (TPSA) is 48.8 Å². The summed E-state index contributed by atoms with van der Waals surface area (Å²) in [6.07, 6.45) is 0. The van der Waals surface area contributed by atoms with Crippen LogP contribution < -0.4 is 0 Å². The van der Waals surface area contributed by atoms with Crippen molar-refractivity contribution in [3.05, 3.63) is 58.6 Å². The average Bonchev–Trinajstić information content (AvgIpc) is 3.29. The van der Waals surface area contributed by atoms with Gasteiger partial charge in [0.1, 0.15) is 10.5 Å². The summed E-state index contributed by atoms with van der Waals surface area (Å²) >= 11 is 1.66. The summed E-state index contributed by atoms with van der Waals surface area (Å²) in [5.74, 6) is 0.0369. The highest BCUT2D eigenvalue weighted by Gasteiger charge is 2.32. The molecule has 6 nitrogen and oxygen atoms in total. The predicted octanol–water partition coefficient (Wildman–Crippen LogP) is 3.89. The molecule has 7 heteroatoms. The van der Waals surface area contributed by atoms with E-state index in [1.807, 2.05) is 22.8 Å². The van der Waals surface area contributed by atoms with Crippen LogP contribution in [-0.2, 0) is 6.54 Å². The fourth-order valence-corrected chi connectivity index (χ4v) is 5.04. The van der Waals surface area contributed by atoms with Crippen molar-refractivity contribution in [2.24, 2.45) is 0 Å². The van der Waals surface area contributed by atoms with E-state index >= 15 is 0 Å². The number of fused-ring (bicyclic) bond motifs is 1. The van der Waals surface area contributed by atoms with Crippen molar-refractivity contribution in [3.63, 3.8) is 0 Å². The quantitative estimate of drug-likeness (QED) is 0.641. The molecule has 4 rings (SSSR count). The Kier molecular flexibility index (Phi) is 5.56. The lowest BCUT2D eigenvalue weighted by atomic mass is 10.1. The Balaban J connectivity index is 1.60. The molecule has 3 amide bonds. The van der Waals surface area contributed by atoms with Gasteiger partial charge in [-0.2, -0.15) is 0 Å².